The van der Waals surface area contributed by atoms with E-state index in [1.54, 1.807) is 7.11 Å². The molecule has 1 atom stereocenters. The predicted octanol–water partition coefficient (Wildman–Crippen LogP) is 3.15. The largest absolute Gasteiger partial charge is 0.494 e. The molecular formula is C17H25N3O. The molecule has 0 bridgehead atoms. The summed E-state index contributed by atoms with van der Waals surface area (Å²) >= 11 is 0. The van der Waals surface area contributed by atoms with Crippen LogP contribution in [0.1, 0.15) is 38.9 Å². The first-order valence-electron chi connectivity index (χ1n) is 7.95. The summed E-state index contributed by atoms with van der Waals surface area (Å²) in [5.41, 5.74) is 1.06. The van der Waals surface area contributed by atoms with Crippen LogP contribution < -0.4 is 4.74 Å². The van der Waals surface area contributed by atoms with Crippen molar-refractivity contribution in [3.63, 3.8) is 0 Å². The highest BCUT2D eigenvalue weighted by Gasteiger charge is 2.26. The van der Waals surface area contributed by atoms with Crippen LogP contribution in [0, 0.1) is 0 Å². The third-order valence-electron chi connectivity index (χ3n) is 4.58. The van der Waals surface area contributed by atoms with E-state index in [2.05, 4.69) is 34.3 Å². The van der Waals surface area contributed by atoms with Crippen molar-refractivity contribution >= 4 is 5.52 Å². The van der Waals surface area contributed by atoms with Crippen molar-refractivity contribution in [2.24, 2.45) is 0 Å². The molecule has 1 aliphatic heterocycles. The maximum Gasteiger partial charge on any atom is 0.144 e. The number of ether oxygens (including phenoxy) is 1. The second kappa shape index (κ2) is 6.06. The molecule has 0 amide bonds. The highest BCUT2D eigenvalue weighted by atomic mass is 16.5. The lowest BCUT2D eigenvalue weighted by atomic mass is 9.97. The number of methoxy groups -OCH3 is 1. The van der Waals surface area contributed by atoms with E-state index < -0.39 is 0 Å². The van der Waals surface area contributed by atoms with Crippen LogP contribution in [0.2, 0.25) is 0 Å². The van der Waals surface area contributed by atoms with Gasteiger partial charge in [0.2, 0.25) is 0 Å². The van der Waals surface area contributed by atoms with Gasteiger partial charge in [0.05, 0.1) is 13.3 Å². The molecule has 21 heavy (non-hydrogen) atoms. The smallest absolute Gasteiger partial charge is 0.144 e. The van der Waals surface area contributed by atoms with Gasteiger partial charge in [0, 0.05) is 24.7 Å². The summed E-state index contributed by atoms with van der Waals surface area (Å²) in [6, 6.07) is 5.23. The molecule has 0 N–H and O–H groups in total. The molecule has 0 spiro atoms. The van der Waals surface area contributed by atoms with Crippen molar-refractivity contribution in [1.82, 2.24) is 14.3 Å². The van der Waals surface area contributed by atoms with Crippen molar-refractivity contribution in [3.8, 4) is 5.75 Å². The first kappa shape index (κ1) is 14.4. The summed E-state index contributed by atoms with van der Waals surface area (Å²) in [7, 11) is 1.71. The first-order chi connectivity index (χ1) is 10.2. The topological polar surface area (TPSA) is 29.8 Å². The van der Waals surface area contributed by atoms with Crippen LogP contribution >= 0.6 is 0 Å². The molecule has 4 heteroatoms. The van der Waals surface area contributed by atoms with Gasteiger partial charge in [-0.25, -0.2) is 4.98 Å². The molecular weight excluding hydrogens is 262 g/mol. The Hall–Kier alpha value is -1.55. The Morgan fingerprint density at radius 1 is 1.38 bits per heavy atom. The van der Waals surface area contributed by atoms with Crippen LogP contribution in [-0.4, -0.2) is 40.0 Å². The molecule has 1 fully saturated rings. The predicted molar refractivity (Wildman–Crippen MR) is 84.9 cm³/mol. The van der Waals surface area contributed by atoms with Crippen molar-refractivity contribution in [3.05, 3.63) is 30.4 Å². The quantitative estimate of drug-likeness (QED) is 0.865. The number of aromatic nitrogens is 2. The van der Waals surface area contributed by atoms with Gasteiger partial charge in [-0.05, 0) is 45.4 Å². The maximum absolute atomic E-state index is 5.42. The minimum Gasteiger partial charge on any atom is -0.494 e. The Morgan fingerprint density at radius 3 is 3.00 bits per heavy atom. The average molecular weight is 287 g/mol. The lowest BCUT2D eigenvalue weighted by Gasteiger charge is -2.38. The van der Waals surface area contributed by atoms with Crippen molar-refractivity contribution < 1.29 is 4.74 Å². The van der Waals surface area contributed by atoms with Crippen LogP contribution in [0.25, 0.3) is 5.52 Å². The van der Waals surface area contributed by atoms with E-state index in [1.807, 2.05) is 18.3 Å². The minimum atomic E-state index is 0.607. The molecule has 1 unspecified atom stereocenters. The van der Waals surface area contributed by atoms with Gasteiger partial charge in [0.1, 0.15) is 17.1 Å². The second-order valence-corrected chi connectivity index (χ2v) is 6.19. The molecule has 2 aromatic rings. The van der Waals surface area contributed by atoms with Crippen LogP contribution in [0.15, 0.2) is 24.5 Å². The number of rotatable bonds is 4. The summed E-state index contributed by atoms with van der Waals surface area (Å²) in [5.74, 6) is 2.03. The molecule has 0 aromatic carbocycles. The Kier molecular flexibility index (Phi) is 4.15. The van der Waals surface area contributed by atoms with Crippen molar-refractivity contribution in [1.29, 1.82) is 0 Å². The Labute approximate surface area is 126 Å². The first-order valence-corrected chi connectivity index (χ1v) is 7.95. The van der Waals surface area contributed by atoms with Gasteiger partial charge in [0.25, 0.3) is 0 Å². The average Bonchev–Trinajstić information content (AvgIpc) is 2.91. The van der Waals surface area contributed by atoms with E-state index in [0.29, 0.717) is 12.1 Å². The summed E-state index contributed by atoms with van der Waals surface area (Å²) in [6.45, 7) is 5.81. The molecule has 0 aliphatic carbocycles. The number of hydrogen-bond acceptors (Lipinski definition) is 3. The van der Waals surface area contributed by atoms with E-state index in [0.717, 1.165) is 23.5 Å². The van der Waals surface area contributed by atoms with Gasteiger partial charge in [-0.15, -0.1) is 0 Å². The third kappa shape index (κ3) is 2.77. The van der Waals surface area contributed by atoms with Crippen molar-refractivity contribution in [2.75, 3.05) is 13.7 Å². The number of nitrogens with zero attached hydrogens (tertiary/aromatic N) is 3. The molecule has 3 rings (SSSR count). The number of hydrogen-bond donors (Lipinski definition) is 0. The maximum atomic E-state index is 5.42. The summed E-state index contributed by atoms with van der Waals surface area (Å²) in [4.78, 5) is 7.28. The molecule has 0 radical (unpaired) electrons. The number of piperidine rings is 1. The van der Waals surface area contributed by atoms with Crippen LogP contribution in [0.3, 0.4) is 0 Å². The monoisotopic (exact) mass is 287 g/mol. The molecule has 2 aromatic heterocycles. The summed E-state index contributed by atoms with van der Waals surface area (Å²) in [5, 5.41) is 0. The zero-order chi connectivity index (χ0) is 14.8. The van der Waals surface area contributed by atoms with Crippen LogP contribution in [-0.2, 0) is 6.42 Å². The summed E-state index contributed by atoms with van der Waals surface area (Å²) < 4.78 is 7.59. The number of likely N-dealkylation sites (tertiary alicyclic amines) is 1. The fourth-order valence-corrected chi connectivity index (χ4v) is 3.51. The highest BCUT2D eigenvalue weighted by Crippen LogP contribution is 2.25. The molecule has 4 nitrogen and oxygen atoms in total. The zero-order valence-electron chi connectivity index (χ0n) is 13.2. The molecule has 1 aliphatic rings. The SMILES string of the molecule is COc1cccn2c(CC3CCCCN3C(C)C)ncc12. The third-order valence-corrected chi connectivity index (χ3v) is 4.58. The Bertz CT molecular complexity index is 605. The highest BCUT2D eigenvalue weighted by molar-refractivity contribution is 5.59. The molecule has 1 saturated heterocycles. The fourth-order valence-electron chi connectivity index (χ4n) is 3.51. The zero-order valence-corrected chi connectivity index (χ0v) is 13.2. The van der Waals surface area contributed by atoms with E-state index in [4.69, 9.17) is 4.74 Å². The Morgan fingerprint density at radius 2 is 2.24 bits per heavy atom. The van der Waals surface area contributed by atoms with E-state index in [9.17, 15) is 0 Å². The van der Waals surface area contributed by atoms with Gasteiger partial charge >= 0.3 is 0 Å². The lowest BCUT2D eigenvalue weighted by molar-refractivity contribution is 0.110. The van der Waals surface area contributed by atoms with Gasteiger partial charge in [-0.1, -0.05) is 6.42 Å². The van der Waals surface area contributed by atoms with Crippen molar-refractivity contribution in [2.45, 2.75) is 51.6 Å². The molecule has 3 heterocycles. The Balaban J connectivity index is 1.87. The second-order valence-electron chi connectivity index (χ2n) is 6.19. The van der Waals surface area contributed by atoms with Gasteiger partial charge in [0.15, 0.2) is 0 Å². The molecule has 114 valence electrons. The van der Waals surface area contributed by atoms with Gasteiger partial charge in [-0.2, -0.15) is 0 Å². The van der Waals surface area contributed by atoms with E-state index in [-0.39, 0.29) is 0 Å². The van der Waals surface area contributed by atoms with Crippen LogP contribution in [0.5, 0.6) is 5.75 Å². The van der Waals surface area contributed by atoms with Gasteiger partial charge < -0.3 is 9.14 Å². The standard InChI is InChI=1S/C17H25N3O/c1-13(2)19-9-5-4-7-14(19)11-17-18-12-15-16(21-3)8-6-10-20(15)17/h6,8,10,12-14H,4-5,7,9,11H2,1-3H3. The van der Waals surface area contributed by atoms with Crippen LogP contribution in [0.4, 0.5) is 0 Å². The summed E-state index contributed by atoms with van der Waals surface area (Å²) in [6.07, 6.45) is 8.96. The van der Waals surface area contributed by atoms with E-state index in [1.165, 1.54) is 25.8 Å². The van der Waals surface area contributed by atoms with Gasteiger partial charge in [-0.3, -0.25) is 4.90 Å². The number of pyridine rings is 1. The normalized spacial score (nSPS) is 20.3. The fraction of sp³-hybridized carbons (Fsp3) is 0.588. The number of imidazole rings is 1. The van der Waals surface area contributed by atoms with E-state index >= 15 is 0 Å². The number of fused-ring (bicyclic) bond motifs is 1. The molecule has 0 saturated carbocycles. The minimum absolute atomic E-state index is 0.607. The lowest BCUT2D eigenvalue weighted by Crippen LogP contribution is -2.45.